The highest BCUT2D eigenvalue weighted by Gasteiger charge is 2.04. The second-order valence-corrected chi connectivity index (χ2v) is 5.36. The van der Waals surface area contributed by atoms with Crippen LogP contribution in [0.1, 0.15) is 11.1 Å². The van der Waals surface area contributed by atoms with Crippen LogP contribution < -0.4 is 10.2 Å². The van der Waals surface area contributed by atoms with E-state index < -0.39 is 0 Å². The van der Waals surface area contributed by atoms with E-state index in [2.05, 4.69) is 10.5 Å². The molecule has 0 aromatic heterocycles. The molecule has 2 aromatic rings. The van der Waals surface area contributed by atoms with Crippen LogP contribution in [0.15, 0.2) is 47.6 Å². The van der Waals surface area contributed by atoms with Crippen LogP contribution in [-0.4, -0.2) is 18.7 Å². The smallest absolute Gasteiger partial charge is 0.277 e. The fourth-order valence-corrected chi connectivity index (χ4v) is 2.12. The first-order valence-electron chi connectivity index (χ1n) is 6.51. The van der Waals surface area contributed by atoms with Crippen LogP contribution in [0.2, 0.25) is 10.0 Å². The van der Waals surface area contributed by atoms with Crippen LogP contribution in [0, 0.1) is 6.92 Å². The molecule has 4 nitrogen and oxygen atoms in total. The van der Waals surface area contributed by atoms with E-state index in [1.807, 2.05) is 19.1 Å². The Morgan fingerprint density at radius 1 is 1.27 bits per heavy atom. The number of rotatable bonds is 5. The Morgan fingerprint density at radius 3 is 2.77 bits per heavy atom. The predicted octanol–water partition coefficient (Wildman–Crippen LogP) is 3.83. The van der Waals surface area contributed by atoms with E-state index in [1.165, 1.54) is 6.21 Å². The highest BCUT2D eigenvalue weighted by molar-refractivity contribution is 6.33. The summed E-state index contributed by atoms with van der Waals surface area (Å²) < 4.78 is 5.41. The topological polar surface area (TPSA) is 50.7 Å². The molecule has 0 bridgehead atoms. The van der Waals surface area contributed by atoms with Crippen molar-refractivity contribution in [3.63, 3.8) is 0 Å². The monoisotopic (exact) mass is 336 g/mol. The van der Waals surface area contributed by atoms with E-state index in [0.29, 0.717) is 15.8 Å². The molecule has 0 spiro atoms. The number of carbonyl (C=O) groups is 1. The lowest BCUT2D eigenvalue weighted by Crippen LogP contribution is -2.24. The molecule has 0 aliphatic heterocycles. The summed E-state index contributed by atoms with van der Waals surface area (Å²) >= 11 is 11.8. The summed E-state index contributed by atoms with van der Waals surface area (Å²) in [6.07, 6.45) is 1.48. The Morgan fingerprint density at radius 2 is 2.05 bits per heavy atom. The predicted molar refractivity (Wildman–Crippen MR) is 88.9 cm³/mol. The van der Waals surface area contributed by atoms with Crippen molar-refractivity contribution in [2.45, 2.75) is 6.92 Å². The summed E-state index contributed by atoms with van der Waals surface area (Å²) in [5, 5.41) is 5.03. The Labute approximate surface area is 138 Å². The summed E-state index contributed by atoms with van der Waals surface area (Å²) in [4.78, 5) is 11.7. The minimum absolute atomic E-state index is 0.137. The number of carbonyl (C=O) groups excluding carboxylic acids is 1. The van der Waals surface area contributed by atoms with Gasteiger partial charge in [-0.1, -0.05) is 41.4 Å². The fourth-order valence-electron chi connectivity index (χ4n) is 1.70. The zero-order chi connectivity index (χ0) is 15.9. The summed E-state index contributed by atoms with van der Waals surface area (Å²) in [5.74, 6) is 0.243. The highest BCUT2D eigenvalue weighted by atomic mass is 35.5. The van der Waals surface area contributed by atoms with Gasteiger partial charge in [0.2, 0.25) is 0 Å². The van der Waals surface area contributed by atoms with Gasteiger partial charge in [-0.05, 0) is 36.8 Å². The molecule has 22 heavy (non-hydrogen) atoms. The zero-order valence-electron chi connectivity index (χ0n) is 11.8. The van der Waals surface area contributed by atoms with Gasteiger partial charge in [-0.15, -0.1) is 0 Å². The van der Waals surface area contributed by atoms with E-state index in [-0.39, 0.29) is 12.5 Å². The summed E-state index contributed by atoms with van der Waals surface area (Å²) in [6.45, 7) is 1.72. The van der Waals surface area contributed by atoms with Crippen molar-refractivity contribution in [1.29, 1.82) is 0 Å². The molecule has 1 N–H and O–H groups in total. The second kappa shape index (κ2) is 7.82. The molecule has 0 aliphatic carbocycles. The number of nitrogens with zero attached hydrogens (tertiary/aromatic N) is 1. The number of halogens is 2. The molecule has 0 fully saturated rings. The third-order valence-corrected chi connectivity index (χ3v) is 3.37. The van der Waals surface area contributed by atoms with Gasteiger partial charge in [0, 0.05) is 15.6 Å². The molecule has 0 aliphatic rings. The number of hydrazone groups is 1. The number of amides is 1. The van der Waals surface area contributed by atoms with Gasteiger partial charge in [0.05, 0.1) is 6.21 Å². The molecule has 2 aromatic carbocycles. The van der Waals surface area contributed by atoms with Gasteiger partial charge >= 0.3 is 0 Å². The number of benzene rings is 2. The van der Waals surface area contributed by atoms with Crippen LogP contribution in [-0.2, 0) is 4.79 Å². The molecule has 0 unspecified atom stereocenters. The first-order chi connectivity index (χ1) is 10.6. The first kappa shape index (κ1) is 16.3. The quantitative estimate of drug-likeness (QED) is 0.666. The van der Waals surface area contributed by atoms with Crippen LogP contribution in [0.5, 0.6) is 5.75 Å². The molecular formula is C16H14Cl2N2O2. The lowest BCUT2D eigenvalue weighted by Gasteiger charge is -2.08. The van der Waals surface area contributed by atoms with Crippen molar-refractivity contribution in [1.82, 2.24) is 5.43 Å². The normalized spacial score (nSPS) is 10.7. The molecule has 0 saturated carbocycles. The molecule has 6 heteroatoms. The number of aryl methyl sites for hydroxylation is 1. The maximum absolute atomic E-state index is 11.7. The standard InChI is InChI=1S/C16H14Cl2N2O2/c1-11-8-13(17)6-7-15(11)22-10-16(21)20-19-9-12-4-2-3-5-14(12)18/h2-9H,10H2,1H3,(H,20,21)/b19-9+. The fraction of sp³-hybridized carbons (Fsp3) is 0.125. The van der Waals surface area contributed by atoms with E-state index >= 15 is 0 Å². The van der Waals surface area contributed by atoms with Gasteiger partial charge in [-0.25, -0.2) is 5.43 Å². The third kappa shape index (κ3) is 4.76. The van der Waals surface area contributed by atoms with Crippen molar-refractivity contribution in [3.05, 3.63) is 63.6 Å². The van der Waals surface area contributed by atoms with Crippen LogP contribution in [0.4, 0.5) is 0 Å². The Hall–Kier alpha value is -2.04. The molecule has 0 heterocycles. The highest BCUT2D eigenvalue weighted by Crippen LogP contribution is 2.21. The molecule has 0 radical (unpaired) electrons. The minimum Gasteiger partial charge on any atom is -0.483 e. The lowest BCUT2D eigenvalue weighted by molar-refractivity contribution is -0.123. The van der Waals surface area contributed by atoms with Gasteiger partial charge in [-0.3, -0.25) is 4.79 Å². The van der Waals surface area contributed by atoms with Gasteiger partial charge < -0.3 is 4.74 Å². The van der Waals surface area contributed by atoms with E-state index in [1.54, 1.807) is 30.3 Å². The maximum Gasteiger partial charge on any atom is 0.277 e. The molecular weight excluding hydrogens is 323 g/mol. The largest absolute Gasteiger partial charge is 0.483 e. The first-order valence-corrected chi connectivity index (χ1v) is 7.27. The van der Waals surface area contributed by atoms with Crippen LogP contribution in [0.25, 0.3) is 0 Å². The van der Waals surface area contributed by atoms with Crippen LogP contribution in [0.3, 0.4) is 0 Å². The summed E-state index contributed by atoms with van der Waals surface area (Å²) in [6, 6.07) is 12.4. The number of nitrogens with one attached hydrogen (secondary N) is 1. The summed E-state index contributed by atoms with van der Waals surface area (Å²) in [7, 11) is 0. The Balaban J connectivity index is 1.84. The van der Waals surface area contributed by atoms with Crippen molar-refractivity contribution < 1.29 is 9.53 Å². The zero-order valence-corrected chi connectivity index (χ0v) is 13.4. The van der Waals surface area contributed by atoms with Crippen LogP contribution >= 0.6 is 23.2 Å². The van der Waals surface area contributed by atoms with E-state index in [9.17, 15) is 4.79 Å². The summed E-state index contributed by atoms with van der Waals surface area (Å²) in [5.41, 5.74) is 3.96. The number of hydrogen-bond donors (Lipinski definition) is 1. The average Bonchev–Trinajstić information content (AvgIpc) is 2.48. The van der Waals surface area contributed by atoms with Crippen molar-refractivity contribution in [2.75, 3.05) is 6.61 Å². The number of hydrogen-bond acceptors (Lipinski definition) is 3. The van der Waals surface area contributed by atoms with Gasteiger partial charge in [0.1, 0.15) is 5.75 Å². The maximum atomic E-state index is 11.7. The average molecular weight is 337 g/mol. The molecule has 2 rings (SSSR count). The molecule has 114 valence electrons. The van der Waals surface area contributed by atoms with Crippen molar-refractivity contribution in [2.24, 2.45) is 5.10 Å². The Bertz CT molecular complexity index is 702. The van der Waals surface area contributed by atoms with E-state index in [0.717, 1.165) is 11.1 Å². The molecule has 0 saturated heterocycles. The van der Waals surface area contributed by atoms with Crippen molar-refractivity contribution >= 4 is 35.3 Å². The van der Waals surface area contributed by atoms with Gasteiger partial charge in [0.15, 0.2) is 6.61 Å². The lowest BCUT2D eigenvalue weighted by atomic mass is 10.2. The Kier molecular flexibility index (Phi) is 5.81. The number of ether oxygens (including phenoxy) is 1. The third-order valence-electron chi connectivity index (χ3n) is 2.79. The second-order valence-electron chi connectivity index (χ2n) is 4.51. The van der Waals surface area contributed by atoms with E-state index in [4.69, 9.17) is 27.9 Å². The van der Waals surface area contributed by atoms with Crippen molar-refractivity contribution in [3.8, 4) is 5.75 Å². The SMILES string of the molecule is Cc1cc(Cl)ccc1OCC(=O)N/N=C/c1ccccc1Cl. The minimum atomic E-state index is -0.363. The molecule has 1 amide bonds. The van der Waals surface area contributed by atoms with Gasteiger partial charge in [0.25, 0.3) is 5.91 Å². The van der Waals surface area contributed by atoms with Gasteiger partial charge in [-0.2, -0.15) is 5.10 Å². The molecule has 0 atom stereocenters.